The van der Waals surface area contributed by atoms with Crippen LogP contribution in [0.25, 0.3) is 0 Å². The number of amides is 3. The van der Waals surface area contributed by atoms with Crippen LogP contribution in [0.2, 0.25) is 0 Å². The Labute approximate surface area is 198 Å². The summed E-state index contributed by atoms with van der Waals surface area (Å²) in [5.74, 6) is 0.923. The van der Waals surface area contributed by atoms with Gasteiger partial charge in [0.15, 0.2) is 0 Å². The van der Waals surface area contributed by atoms with Crippen LogP contribution in [0.3, 0.4) is 0 Å². The molecule has 0 unspecified atom stereocenters. The lowest BCUT2D eigenvalue weighted by Crippen LogP contribution is -2.47. The first-order valence-electron chi connectivity index (χ1n) is 12.0. The van der Waals surface area contributed by atoms with Gasteiger partial charge in [-0.25, -0.2) is 4.79 Å². The molecule has 34 heavy (non-hydrogen) atoms. The minimum atomic E-state index is -0.525. The molecular weight excluding hydrogens is 430 g/mol. The fraction of sp³-hybridized carbons (Fsp3) is 0.423. The summed E-state index contributed by atoms with van der Waals surface area (Å²) >= 11 is 0. The first kappa shape index (κ1) is 21.0. The molecule has 6 rings (SSSR count). The average Bonchev–Trinajstić information content (AvgIpc) is 3.37. The summed E-state index contributed by atoms with van der Waals surface area (Å²) in [6.07, 6.45) is 2.33. The Morgan fingerprint density at radius 2 is 1.97 bits per heavy atom. The Hall–Kier alpha value is -3.57. The van der Waals surface area contributed by atoms with Crippen LogP contribution in [0.15, 0.2) is 36.4 Å². The smallest absolute Gasteiger partial charge is 0.318 e. The molecule has 2 aromatic rings. The number of nitrogens with zero attached hydrogens (tertiary/aromatic N) is 3. The van der Waals surface area contributed by atoms with Gasteiger partial charge in [0.2, 0.25) is 5.91 Å². The van der Waals surface area contributed by atoms with Gasteiger partial charge in [-0.2, -0.15) is 5.26 Å². The monoisotopic (exact) mass is 457 g/mol. The molecule has 2 N–H and O–H groups in total. The molecule has 8 heteroatoms. The summed E-state index contributed by atoms with van der Waals surface area (Å²) in [5.41, 5.74) is 4.36. The van der Waals surface area contributed by atoms with Crippen LogP contribution >= 0.6 is 0 Å². The molecule has 4 aliphatic heterocycles. The van der Waals surface area contributed by atoms with Crippen molar-refractivity contribution in [3.8, 4) is 11.8 Å². The number of benzene rings is 2. The van der Waals surface area contributed by atoms with Crippen LogP contribution in [0.5, 0.6) is 5.75 Å². The van der Waals surface area contributed by atoms with Crippen molar-refractivity contribution in [2.75, 3.05) is 44.6 Å². The Morgan fingerprint density at radius 3 is 2.79 bits per heavy atom. The van der Waals surface area contributed by atoms with E-state index >= 15 is 0 Å². The molecule has 8 nitrogen and oxygen atoms in total. The van der Waals surface area contributed by atoms with Crippen LogP contribution in [-0.2, 0) is 16.6 Å². The van der Waals surface area contributed by atoms with E-state index in [1.165, 1.54) is 11.1 Å². The summed E-state index contributed by atoms with van der Waals surface area (Å²) in [6, 6.07) is 14.0. The number of fused-ring (bicyclic) bond motifs is 5. The Kier molecular flexibility index (Phi) is 4.96. The number of urea groups is 1. The van der Waals surface area contributed by atoms with Crippen molar-refractivity contribution in [3.05, 3.63) is 58.7 Å². The van der Waals surface area contributed by atoms with Gasteiger partial charge in [0.1, 0.15) is 12.4 Å². The Bertz CT molecular complexity index is 1210. The maximum atomic E-state index is 12.9. The van der Waals surface area contributed by atoms with Gasteiger partial charge in [0.05, 0.1) is 23.1 Å². The van der Waals surface area contributed by atoms with E-state index in [9.17, 15) is 14.9 Å². The average molecular weight is 458 g/mol. The molecule has 2 fully saturated rings. The Morgan fingerprint density at radius 1 is 1.12 bits per heavy atom. The van der Waals surface area contributed by atoms with Gasteiger partial charge < -0.3 is 20.3 Å². The zero-order valence-corrected chi connectivity index (χ0v) is 19.0. The number of hydrogen-bond donors (Lipinski definition) is 2. The number of nitriles is 1. The van der Waals surface area contributed by atoms with Crippen molar-refractivity contribution >= 4 is 17.6 Å². The predicted octanol–water partition coefficient (Wildman–Crippen LogP) is 2.55. The summed E-state index contributed by atoms with van der Waals surface area (Å²) < 4.78 is 6.08. The fourth-order valence-corrected chi connectivity index (χ4v) is 5.96. The number of likely N-dealkylation sites (tertiary alicyclic amines) is 1. The largest absolute Gasteiger partial charge is 0.492 e. The zero-order valence-electron chi connectivity index (χ0n) is 19.0. The van der Waals surface area contributed by atoms with Gasteiger partial charge in [0.25, 0.3) is 0 Å². The maximum absolute atomic E-state index is 12.9. The topological polar surface area (TPSA) is 97.7 Å². The van der Waals surface area contributed by atoms with Crippen molar-refractivity contribution in [2.24, 2.45) is 0 Å². The van der Waals surface area contributed by atoms with E-state index in [0.717, 1.165) is 62.4 Å². The second-order valence-electron chi connectivity index (χ2n) is 9.60. The normalized spacial score (nSPS) is 22.4. The standard InChI is InChI=1S/C26H27N5O3/c27-15-17-1-4-22-21(13-17)26(24(32)29-22)6-9-30(10-7-26)11-12-34-19-2-3-20-18(14-19)5-8-31-23(20)16-28-25(31)33/h1-4,13-14,23H,5-12,16H2,(H,28,33)(H,29,32)/t23-/m0/s1. The molecule has 2 saturated heterocycles. The van der Waals surface area contributed by atoms with Gasteiger partial charge in [-0.05, 0) is 79.4 Å². The van der Waals surface area contributed by atoms with E-state index in [2.05, 4.69) is 33.7 Å². The van der Waals surface area contributed by atoms with E-state index < -0.39 is 5.41 Å². The van der Waals surface area contributed by atoms with Gasteiger partial charge in [0, 0.05) is 25.3 Å². The van der Waals surface area contributed by atoms with Crippen molar-refractivity contribution in [1.82, 2.24) is 15.1 Å². The fourth-order valence-electron chi connectivity index (χ4n) is 5.96. The van der Waals surface area contributed by atoms with E-state index in [1.807, 2.05) is 23.1 Å². The number of ether oxygens (including phenoxy) is 1. The lowest BCUT2D eigenvalue weighted by Gasteiger charge is -2.38. The molecule has 0 aliphatic carbocycles. The zero-order chi connectivity index (χ0) is 23.3. The summed E-state index contributed by atoms with van der Waals surface area (Å²) in [6.45, 7) is 4.43. The minimum absolute atomic E-state index is 0.0309. The highest BCUT2D eigenvalue weighted by Crippen LogP contribution is 2.45. The van der Waals surface area contributed by atoms with Crippen molar-refractivity contribution in [1.29, 1.82) is 5.26 Å². The molecule has 2 aromatic carbocycles. The van der Waals surface area contributed by atoms with E-state index in [0.29, 0.717) is 18.7 Å². The van der Waals surface area contributed by atoms with Gasteiger partial charge in [-0.15, -0.1) is 0 Å². The van der Waals surface area contributed by atoms with Crippen LogP contribution in [0.4, 0.5) is 10.5 Å². The van der Waals surface area contributed by atoms with Gasteiger partial charge in [-0.3, -0.25) is 9.69 Å². The highest BCUT2D eigenvalue weighted by molar-refractivity contribution is 6.06. The molecule has 3 amide bonds. The van der Waals surface area contributed by atoms with Crippen molar-refractivity contribution in [3.63, 3.8) is 0 Å². The molecule has 0 saturated carbocycles. The van der Waals surface area contributed by atoms with Crippen LogP contribution in [-0.4, -0.2) is 61.1 Å². The molecule has 1 atom stereocenters. The minimum Gasteiger partial charge on any atom is -0.492 e. The van der Waals surface area contributed by atoms with Crippen LogP contribution in [0.1, 0.15) is 41.1 Å². The highest BCUT2D eigenvalue weighted by atomic mass is 16.5. The van der Waals surface area contributed by atoms with E-state index in [1.54, 1.807) is 6.07 Å². The highest BCUT2D eigenvalue weighted by Gasteiger charge is 2.48. The molecule has 1 spiro atoms. The number of anilines is 1. The van der Waals surface area contributed by atoms with Gasteiger partial charge >= 0.3 is 6.03 Å². The van der Waals surface area contributed by atoms with Crippen LogP contribution in [0, 0.1) is 11.3 Å². The second-order valence-corrected chi connectivity index (χ2v) is 9.60. The Balaban J connectivity index is 1.05. The number of nitrogens with one attached hydrogen (secondary N) is 2. The van der Waals surface area contributed by atoms with Crippen molar-refractivity contribution < 1.29 is 14.3 Å². The summed E-state index contributed by atoms with van der Waals surface area (Å²) in [7, 11) is 0. The molecule has 4 heterocycles. The van der Waals surface area contributed by atoms with E-state index in [-0.39, 0.29) is 18.0 Å². The van der Waals surface area contributed by atoms with Crippen LogP contribution < -0.4 is 15.4 Å². The third kappa shape index (κ3) is 3.31. The molecule has 0 radical (unpaired) electrons. The van der Waals surface area contributed by atoms with E-state index in [4.69, 9.17) is 4.74 Å². The molecule has 0 aromatic heterocycles. The molecular formula is C26H27N5O3. The number of carbonyl (C=O) groups is 2. The maximum Gasteiger partial charge on any atom is 0.318 e. The predicted molar refractivity (Wildman–Crippen MR) is 126 cm³/mol. The lowest BCUT2D eigenvalue weighted by atomic mass is 9.73. The molecule has 174 valence electrons. The van der Waals surface area contributed by atoms with Gasteiger partial charge in [-0.1, -0.05) is 6.07 Å². The lowest BCUT2D eigenvalue weighted by molar-refractivity contribution is -0.122. The number of rotatable bonds is 4. The quantitative estimate of drug-likeness (QED) is 0.736. The molecule has 4 aliphatic rings. The number of carbonyl (C=O) groups excluding carboxylic acids is 2. The molecule has 0 bridgehead atoms. The summed E-state index contributed by atoms with van der Waals surface area (Å²) in [4.78, 5) is 29.0. The number of piperidine rings is 1. The third-order valence-electron chi connectivity index (χ3n) is 7.91. The second kappa shape index (κ2) is 8.03. The number of hydrogen-bond acceptors (Lipinski definition) is 5. The first-order chi connectivity index (χ1) is 16.6. The first-order valence-corrected chi connectivity index (χ1v) is 12.0. The van der Waals surface area contributed by atoms with Crippen molar-refractivity contribution in [2.45, 2.75) is 30.7 Å². The third-order valence-corrected chi connectivity index (χ3v) is 7.91. The summed E-state index contributed by atoms with van der Waals surface area (Å²) in [5, 5.41) is 15.2. The SMILES string of the molecule is N#Cc1ccc2c(c1)C1(CCN(CCOc3ccc4c(c3)CCN3C(=O)NC[C@@H]43)CC1)C(=O)N2.